The Labute approximate surface area is 107 Å². The van der Waals surface area contributed by atoms with E-state index < -0.39 is 0 Å². The van der Waals surface area contributed by atoms with E-state index in [9.17, 15) is 9.59 Å². The van der Waals surface area contributed by atoms with Crippen molar-refractivity contribution in [1.82, 2.24) is 5.32 Å². The Balaban J connectivity index is 2.39. The molecule has 0 aliphatic carbocycles. The average molecular weight is 246 g/mol. The maximum atomic E-state index is 12.1. The summed E-state index contributed by atoms with van der Waals surface area (Å²) in [5, 5.41) is 2.64. The van der Waals surface area contributed by atoms with Gasteiger partial charge in [0.25, 0.3) is 5.91 Å². The lowest BCUT2D eigenvalue weighted by Gasteiger charge is -2.25. The lowest BCUT2D eigenvalue weighted by Crippen LogP contribution is -2.38. The fourth-order valence-electron chi connectivity index (χ4n) is 2.02. The number of amides is 2. The number of carbonyl (C=O) groups is 2. The van der Waals surface area contributed by atoms with E-state index in [0.717, 1.165) is 12.1 Å². The number of fused-ring (bicyclic) bond motifs is 1. The van der Waals surface area contributed by atoms with Crippen LogP contribution in [0.5, 0.6) is 0 Å². The van der Waals surface area contributed by atoms with Crippen molar-refractivity contribution in [2.45, 2.75) is 20.3 Å². The van der Waals surface area contributed by atoms with Gasteiger partial charge in [-0.15, -0.1) is 0 Å². The van der Waals surface area contributed by atoms with Crippen LogP contribution in [-0.2, 0) is 4.79 Å². The van der Waals surface area contributed by atoms with E-state index in [0.29, 0.717) is 18.0 Å². The van der Waals surface area contributed by atoms with Crippen molar-refractivity contribution >= 4 is 17.5 Å². The quantitative estimate of drug-likeness (QED) is 0.884. The number of nitrogens with one attached hydrogen (secondary N) is 1. The molecule has 1 atom stereocenters. The zero-order valence-corrected chi connectivity index (χ0v) is 10.8. The first kappa shape index (κ1) is 12.6. The first-order valence-corrected chi connectivity index (χ1v) is 6.31. The summed E-state index contributed by atoms with van der Waals surface area (Å²) in [6.07, 6.45) is 1.01. The summed E-state index contributed by atoms with van der Waals surface area (Å²) in [6.45, 7) is 4.93. The molecule has 18 heavy (non-hydrogen) atoms. The summed E-state index contributed by atoms with van der Waals surface area (Å²) in [5.41, 5.74) is 1.30. The van der Waals surface area contributed by atoms with E-state index in [2.05, 4.69) is 19.2 Å². The number of anilines is 1. The van der Waals surface area contributed by atoms with Gasteiger partial charge in [-0.2, -0.15) is 0 Å². The first-order chi connectivity index (χ1) is 8.63. The highest BCUT2D eigenvalue weighted by molar-refractivity contribution is 6.09. The molecule has 1 aliphatic rings. The Bertz CT molecular complexity index is 471. The Kier molecular flexibility index (Phi) is 3.65. The zero-order chi connectivity index (χ0) is 13.1. The zero-order valence-electron chi connectivity index (χ0n) is 10.8. The number of hydrogen-bond donors (Lipinski definition) is 1. The molecule has 4 heteroatoms. The minimum atomic E-state index is -0.175. The number of carbonyl (C=O) groups excluding carboxylic acids is 2. The molecule has 0 bridgehead atoms. The maximum absolute atomic E-state index is 12.1. The normalized spacial score (nSPS) is 16.9. The Morgan fingerprint density at radius 1 is 1.33 bits per heavy atom. The van der Waals surface area contributed by atoms with Crippen molar-refractivity contribution in [1.29, 1.82) is 0 Å². The van der Waals surface area contributed by atoms with Crippen LogP contribution < -0.4 is 10.2 Å². The maximum Gasteiger partial charge on any atom is 0.253 e. The number of benzene rings is 1. The Morgan fingerprint density at radius 2 is 2.06 bits per heavy atom. The first-order valence-electron chi connectivity index (χ1n) is 6.31. The second-order valence-corrected chi connectivity index (χ2v) is 4.72. The third-order valence-electron chi connectivity index (χ3n) is 3.33. The van der Waals surface area contributed by atoms with Crippen LogP contribution in [0.4, 0.5) is 5.69 Å². The Hall–Kier alpha value is -1.84. The molecule has 0 fully saturated rings. The van der Waals surface area contributed by atoms with Gasteiger partial charge in [0.1, 0.15) is 0 Å². The third kappa shape index (κ3) is 2.37. The van der Waals surface area contributed by atoms with Gasteiger partial charge in [-0.3, -0.25) is 9.59 Å². The fourth-order valence-corrected chi connectivity index (χ4v) is 2.02. The van der Waals surface area contributed by atoms with Crippen molar-refractivity contribution in [3.8, 4) is 0 Å². The second-order valence-electron chi connectivity index (χ2n) is 4.72. The van der Waals surface area contributed by atoms with Gasteiger partial charge in [0.15, 0.2) is 0 Å². The molecule has 1 heterocycles. The van der Waals surface area contributed by atoms with E-state index in [1.54, 1.807) is 11.0 Å². The van der Waals surface area contributed by atoms with Gasteiger partial charge in [-0.05, 0) is 18.1 Å². The third-order valence-corrected chi connectivity index (χ3v) is 3.33. The molecule has 0 saturated carbocycles. The number of para-hydroxylation sites is 1. The summed E-state index contributed by atoms with van der Waals surface area (Å²) in [6, 6.07) is 7.26. The summed E-state index contributed by atoms with van der Waals surface area (Å²) < 4.78 is 0. The molecular formula is C14H18N2O2. The predicted molar refractivity (Wildman–Crippen MR) is 70.6 cm³/mol. The molecular weight excluding hydrogens is 228 g/mol. The number of rotatable bonds is 3. The van der Waals surface area contributed by atoms with Gasteiger partial charge >= 0.3 is 0 Å². The molecule has 2 rings (SSSR count). The smallest absolute Gasteiger partial charge is 0.253 e. The van der Waals surface area contributed by atoms with E-state index in [4.69, 9.17) is 0 Å². The monoisotopic (exact) mass is 246 g/mol. The fraction of sp³-hybridized carbons (Fsp3) is 0.429. The van der Waals surface area contributed by atoms with Gasteiger partial charge in [-0.25, -0.2) is 0 Å². The topological polar surface area (TPSA) is 49.4 Å². The van der Waals surface area contributed by atoms with Crippen molar-refractivity contribution in [2.75, 3.05) is 18.0 Å². The van der Waals surface area contributed by atoms with E-state index in [1.807, 2.05) is 18.2 Å². The van der Waals surface area contributed by atoms with Gasteiger partial charge in [0.2, 0.25) is 5.91 Å². The van der Waals surface area contributed by atoms with Crippen LogP contribution in [0.2, 0.25) is 0 Å². The predicted octanol–water partition coefficient (Wildman–Crippen LogP) is 1.81. The molecule has 2 amide bonds. The van der Waals surface area contributed by atoms with E-state index in [-0.39, 0.29) is 18.4 Å². The summed E-state index contributed by atoms with van der Waals surface area (Å²) >= 11 is 0. The summed E-state index contributed by atoms with van der Waals surface area (Å²) in [5.74, 6) is 0.189. The van der Waals surface area contributed by atoms with Crippen LogP contribution in [-0.4, -0.2) is 24.9 Å². The van der Waals surface area contributed by atoms with Crippen molar-refractivity contribution in [3.05, 3.63) is 29.8 Å². The molecule has 1 unspecified atom stereocenters. The average Bonchev–Trinajstić information content (AvgIpc) is 2.51. The molecule has 1 aromatic rings. The molecule has 1 N–H and O–H groups in total. The lowest BCUT2D eigenvalue weighted by molar-refractivity contribution is -0.117. The molecule has 0 saturated heterocycles. The molecule has 0 aromatic heterocycles. The second kappa shape index (κ2) is 5.21. The molecule has 0 radical (unpaired) electrons. The minimum Gasteiger partial charge on any atom is -0.343 e. The summed E-state index contributed by atoms with van der Waals surface area (Å²) in [4.78, 5) is 25.7. The van der Waals surface area contributed by atoms with Gasteiger partial charge in [0, 0.05) is 6.54 Å². The Morgan fingerprint density at radius 3 is 2.78 bits per heavy atom. The van der Waals surface area contributed by atoms with Gasteiger partial charge in [0.05, 0.1) is 17.8 Å². The van der Waals surface area contributed by atoms with Gasteiger partial charge < -0.3 is 10.2 Å². The SMILES string of the molecule is CCC(C)CN1C(=O)CNC(=O)c2ccccc21. The summed E-state index contributed by atoms with van der Waals surface area (Å²) in [7, 11) is 0. The highest BCUT2D eigenvalue weighted by Gasteiger charge is 2.26. The van der Waals surface area contributed by atoms with Crippen LogP contribution >= 0.6 is 0 Å². The highest BCUT2D eigenvalue weighted by atomic mass is 16.2. The van der Waals surface area contributed by atoms with Crippen LogP contribution in [0.15, 0.2) is 24.3 Å². The lowest BCUT2D eigenvalue weighted by atomic mass is 10.1. The van der Waals surface area contributed by atoms with Crippen LogP contribution in [0.1, 0.15) is 30.6 Å². The van der Waals surface area contributed by atoms with Gasteiger partial charge in [-0.1, -0.05) is 32.4 Å². The number of hydrogen-bond acceptors (Lipinski definition) is 2. The molecule has 96 valence electrons. The van der Waals surface area contributed by atoms with Crippen molar-refractivity contribution in [3.63, 3.8) is 0 Å². The minimum absolute atomic E-state index is 0.0476. The van der Waals surface area contributed by atoms with Crippen LogP contribution in [0, 0.1) is 5.92 Å². The molecule has 1 aliphatic heterocycles. The molecule has 0 spiro atoms. The van der Waals surface area contributed by atoms with Crippen molar-refractivity contribution in [2.24, 2.45) is 5.92 Å². The number of nitrogens with zero attached hydrogens (tertiary/aromatic N) is 1. The standard InChI is InChI=1S/C14H18N2O2/c1-3-10(2)9-16-12-7-5-4-6-11(12)14(18)15-8-13(16)17/h4-7,10H,3,8-9H2,1-2H3,(H,15,18). The van der Waals surface area contributed by atoms with Crippen LogP contribution in [0.25, 0.3) is 0 Å². The molecule has 4 nitrogen and oxygen atoms in total. The van der Waals surface area contributed by atoms with E-state index >= 15 is 0 Å². The van der Waals surface area contributed by atoms with E-state index in [1.165, 1.54) is 0 Å². The molecule has 1 aromatic carbocycles. The van der Waals surface area contributed by atoms with Crippen LogP contribution in [0.3, 0.4) is 0 Å². The largest absolute Gasteiger partial charge is 0.343 e. The highest BCUT2D eigenvalue weighted by Crippen LogP contribution is 2.24. The van der Waals surface area contributed by atoms with Crippen molar-refractivity contribution < 1.29 is 9.59 Å².